The van der Waals surface area contributed by atoms with Crippen molar-refractivity contribution in [2.45, 2.75) is 46.7 Å². The normalized spacial score (nSPS) is 12.2. The lowest BCUT2D eigenvalue weighted by molar-refractivity contribution is -0.139. The van der Waals surface area contributed by atoms with Gasteiger partial charge in [0.15, 0.2) is 0 Å². The molecule has 0 bridgehead atoms. The SMILES string of the molecule is CCNC(=O)[C@H](C)N(Cc1cccc(C)c1)C(=O)CN(c1ccc(CC)cc1)S(C)(=O)=O. The van der Waals surface area contributed by atoms with Crippen LogP contribution in [-0.2, 0) is 32.6 Å². The van der Waals surface area contributed by atoms with Crippen LogP contribution in [0.3, 0.4) is 0 Å². The van der Waals surface area contributed by atoms with Crippen molar-refractivity contribution >= 4 is 27.5 Å². The van der Waals surface area contributed by atoms with E-state index in [4.69, 9.17) is 0 Å². The fourth-order valence-corrected chi connectivity index (χ4v) is 4.27. The molecule has 0 spiro atoms. The molecule has 1 atom stereocenters. The highest BCUT2D eigenvalue weighted by Crippen LogP contribution is 2.20. The van der Waals surface area contributed by atoms with E-state index in [1.165, 1.54) is 4.90 Å². The number of nitrogens with zero attached hydrogens (tertiary/aromatic N) is 2. The quantitative estimate of drug-likeness (QED) is 0.592. The minimum Gasteiger partial charge on any atom is -0.355 e. The standard InChI is InChI=1S/C24H33N3O4S/c1-6-20-11-13-22(14-12-20)27(32(5,30)31)17-23(28)26(19(4)24(29)25-7-2)16-21-10-8-9-18(3)15-21/h8-15,19H,6-7,16-17H2,1-5H3,(H,25,29)/t19-/m0/s1. The summed E-state index contributed by atoms with van der Waals surface area (Å²) in [5.74, 6) is -0.734. The molecule has 0 unspecified atom stereocenters. The van der Waals surface area contributed by atoms with Gasteiger partial charge >= 0.3 is 0 Å². The molecule has 2 amide bonds. The van der Waals surface area contributed by atoms with E-state index in [9.17, 15) is 18.0 Å². The number of benzene rings is 2. The van der Waals surface area contributed by atoms with Crippen LogP contribution in [0.2, 0.25) is 0 Å². The van der Waals surface area contributed by atoms with E-state index in [0.717, 1.165) is 33.7 Å². The molecular weight excluding hydrogens is 426 g/mol. The number of anilines is 1. The molecule has 8 heteroatoms. The molecule has 0 saturated carbocycles. The maximum absolute atomic E-state index is 13.4. The van der Waals surface area contributed by atoms with Gasteiger partial charge in [0.1, 0.15) is 12.6 Å². The smallest absolute Gasteiger partial charge is 0.244 e. The molecule has 0 aliphatic carbocycles. The van der Waals surface area contributed by atoms with Crippen LogP contribution in [-0.4, -0.2) is 50.5 Å². The number of carbonyl (C=O) groups excluding carboxylic acids is 2. The van der Waals surface area contributed by atoms with Gasteiger partial charge in [-0.05, 0) is 50.5 Å². The van der Waals surface area contributed by atoms with Crippen LogP contribution >= 0.6 is 0 Å². The Morgan fingerprint density at radius 1 is 1.03 bits per heavy atom. The molecule has 0 radical (unpaired) electrons. The number of amides is 2. The van der Waals surface area contributed by atoms with Gasteiger partial charge < -0.3 is 10.2 Å². The van der Waals surface area contributed by atoms with Gasteiger partial charge in [0, 0.05) is 13.1 Å². The van der Waals surface area contributed by atoms with E-state index < -0.39 is 22.0 Å². The highest BCUT2D eigenvalue weighted by Gasteiger charge is 2.29. The number of nitrogens with one attached hydrogen (secondary N) is 1. The van der Waals surface area contributed by atoms with Gasteiger partial charge in [-0.3, -0.25) is 13.9 Å². The van der Waals surface area contributed by atoms with Crippen molar-refractivity contribution in [3.8, 4) is 0 Å². The Hall–Kier alpha value is -2.87. The maximum Gasteiger partial charge on any atom is 0.244 e. The predicted octanol–water partition coefficient (Wildman–Crippen LogP) is 2.88. The molecule has 0 aromatic heterocycles. The summed E-state index contributed by atoms with van der Waals surface area (Å²) in [7, 11) is -3.72. The molecule has 7 nitrogen and oxygen atoms in total. The number of rotatable bonds is 10. The molecule has 1 N–H and O–H groups in total. The van der Waals surface area contributed by atoms with E-state index in [0.29, 0.717) is 12.2 Å². The second-order valence-electron chi connectivity index (χ2n) is 7.87. The summed E-state index contributed by atoms with van der Waals surface area (Å²) in [5.41, 5.74) is 3.39. The molecule has 174 valence electrons. The van der Waals surface area contributed by atoms with Crippen LogP contribution < -0.4 is 9.62 Å². The van der Waals surface area contributed by atoms with Crippen LogP contribution in [0.5, 0.6) is 0 Å². The van der Waals surface area contributed by atoms with Gasteiger partial charge in [-0.15, -0.1) is 0 Å². The van der Waals surface area contributed by atoms with Gasteiger partial charge in [-0.1, -0.05) is 48.9 Å². The van der Waals surface area contributed by atoms with Gasteiger partial charge in [-0.25, -0.2) is 8.42 Å². The number of sulfonamides is 1. The minimum atomic E-state index is -3.72. The molecular formula is C24H33N3O4S. The zero-order valence-electron chi connectivity index (χ0n) is 19.5. The van der Waals surface area contributed by atoms with Crippen molar-refractivity contribution < 1.29 is 18.0 Å². The first-order chi connectivity index (χ1) is 15.1. The Morgan fingerprint density at radius 3 is 2.22 bits per heavy atom. The number of hydrogen-bond donors (Lipinski definition) is 1. The summed E-state index contributed by atoms with van der Waals surface area (Å²) >= 11 is 0. The van der Waals surface area contributed by atoms with E-state index in [1.54, 1.807) is 19.1 Å². The molecule has 0 aliphatic heterocycles. The summed E-state index contributed by atoms with van der Waals surface area (Å²) in [6.45, 7) is 7.68. The zero-order chi connectivity index (χ0) is 23.9. The summed E-state index contributed by atoms with van der Waals surface area (Å²) < 4.78 is 26.1. The molecule has 0 saturated heterocycles. The number of hydrogen-bond acceptors (Lipinski definition) is 4. The molecule has 0 fully saturated rings. The van der Waals surface area contributed by atoms with E-state index in [2.05, 4.69) is 5.32 Å². The number of carbonyl (C=O) groups is 2. The summed E-state index contributed by atoms with van der Waals surface area (Å²) in [5, 5.41) is 2.74. The Bertz CT molecular complexity index is 1040. The predicted molar refractivity (Wildman–Crippen MR) is 128 cm³/mol. The lowest BCUT2D eigenvalue weighted by Crippen LogP contribution is -2.51. The Labute approximate surface area is 191 Å². The van der Waals surface area contributed by atoms with Gasteiger partial charge in [-0.2, -0.15) is 0 Å². The van der Waals surface area contributed by atoms with Crippen molar-refractivity contribution in [1.82, 2.24) is 10.2 Å². The van der Waals surface area contributed by atoms with Crippen LogP contribution in [0.4, 0.5) is 5.69 Å². The van der Waals surface area contributed by atoms with Crippen LogP contribution in [0.1, 0.15) is 37.5 Å². The minimum absolute atomic E-state index is 0.200. The molecule has 2 aromatic carbocycles. The maximum atomic E-state index is 13.4. The Morgan fingerprint density at radius 2 is 1.69 bits per heavy atom. The fourth-order valence-electron chi connectivity index (χ4n) is 3.42. The van der Waals surface area contributed by atoms with E-state index >= 15 is 0 Å². The highest BCUT2D eigenvalue weighted by molar-refractivity contribution is 7.92. The molecule has 2 rings (SSSR count). The van der Waals surface area contributed by atoms with E-state index in [-0.39, 0.29) is 19.0 Å². The average Bonchev–Trinajstić information content (AvgIpc) is 2.74. The van der Waals surface area contributed by atoms with Crippen molar-refractivity contribution in [2.75, 3.05) is 23.7 Å². The van der Waals surface area contributed by atoms with Gasteiger partial charge in [0.2, 0.25) is 21.8 Å². The van der Waals surface area contributed by atoms with Crippen LogP contribution in [0.15, 0.2) is 48.5 Å². The summed E-state index contributed by atoms with van der Waals surface area (Å²) in [6, 6.07) is 14.0. The summed E-state index contributed by atoms with van der Waals surface area (Å²) in [4.78, 5) is 27.3. The van der Waals surface area contributed by atoms with Crippen molar-refractivity contribution in [1.29, 1.82) is 0 Å². The third kappa shape index (κ3) is 6.82. The van der Waals surface area contributed by atoms with Crippen LogP contribution in [0, 0.1) is 6.92 Å². The lowest BCUT2D eigenvalue weighted by Gasteiger charge is -2.31. The Balaban J connectivity index is 2.37. The molecule has 0 heterocycles. The highest BCUT2D eigenvalue weighted by atomic mass is 32.2. The third-order valence-electron chi connectivity index (χ3n) is 5.27. The second-order valence-corrected chi connectivity index (χ2v) is 9.78. The average molecular weight is 460 g/mol. The topological polar surface area (TPSA) is 86.8 Å². The van der Waals surface area contributed by atoms with Crippen LogP contribution in [0.25, 0.3) is 0 Å². The van der Waals surface area contributed by atoms with E-state index in [1.807, 2.05) is 57.2 Å². The lowest BCUT2D eigenvalue weighted by atomic mass is 10.1. The first kappa shape index (κ1) is 25.4. The monoisotopic (exact) mass is 459 g/mol. The van der Waals surface area contributed by atoms with Gasteiger partial charge in [0.25, 0.3) is 0 Å². The van der Waals surface area contributed by atoms with Crippen molar-refractivity contribution in [3.63, 3.8) is 0 Å². The Kier molecular flexibility index (Phi) is 8.83. The number of aryl methyl sites for hydroxylation is 2. The third-order valence-corrected chi connectivity index (χ3v) is 6.41. The first-order valence-corrected chi connectivity index (χ1v) is 12.6. The number of likely N-dealkylation sites (N-methyl/N-ethyl adjacent to an activating group) is 1. The van der Waals surface area contributed by atoms with Gasteiger partial charge in [0.05, 0.1) is 11.9 Å². The largest absolute Gasteiger partial charge is 0.355 e. The second kappa shape index (κ2) is 11.1. The van der Waals surface area contributed by atoms with Crippen molar-refractivity contribution in [2.24, 2.45) is 0 Å². The molecule has 2 aromatic rings. The van der Waals surface area contributed by atoms with Crippen molar-refractivity contribution in [3.05, 3.63) is 65.2 Å². The molecule has 32 heavy (non-hydrogen) atoms. The first-order valence-electron chi connectivity index (χ1n) is 10.8. The molecule has 0 aliphatic rings. The summed E-state index contributed by atoms with van der Waals surface area (Å²) in [6.07, 6.45) is 1.90. The zero-order valence-corrected chi connectivity index (χ0v) is 20.3. The fraction of sp³-hybridized carbons (Fsp3) is 0.417.